The summed E-state index contributed by atoms with van der Waals surface area (Å²) in [5.41, 5.74) is 1.49. The molecule has 1 aromatic rings. The average Bonchev–Trinajstić information content (AvgIpc) is 2.48. The summed E-state index contributed by atoms with van der Waals surface area (Å²) in [6.45, 7) is 5.66. The molecule has 1 saturated heterocycles. The fourth-order valence-corrected chi connectivity index (χ4v) is 4.72. The molecule has 1 aromatic carbocycles. The summed E-state index contributed by atoms with van der Waals surface area (Å²) in [5.74, 6) is 0.662. The van der Waals surface area contributed by atoms with Crippen LogP contribution in [0.4, 0.5) is 5.69 Å². The quantitative estimate of drug-likeness (QED) is 0.860. The molecule has 0 aromatic heterocycles. The molecule has 1 atom stereocenters. The van der Waals surface area contributed by atoms with E-state index in [4.69, 9.17) is 11.6 Å². The van der Waals surface area contributed by atoms with E-state index in [9.17, 15) is 9.47 Å². The number of hydrogen-bond donors (Lipinski definition) is 0. The van der Waals surface area contributed by atoms with Crippen molar-refractivity contribution < 1.29 is 4.21 Å². The minimum atomic E-state index is -0.795. The lowest BCUT2D eigenvalue weighted by molar-refractivity contribution is 0.496. The Bertz CT molecular complexity index is 563. The first kappa shape index (κ1) is 15.3. The largest absolute Gasteiger partial charge is 0.368 e. The van der Waals surface area contributed by atoms with Crippen LogP contribution in [0.5, 0.6) is 0 Å². The molecule has 1 heterocycles. The summed E-state index contributed by atoms with van der Waals surface area (Å²) in [6.07, 6.45) is 1.78. The van der Waals surface area contributed by atoms with Crippen LogP contribution in [0.1, 0.15) is 32.3 Å². The second kappa shape index (κ2) is 6.15. The van der Waals surface area contributed by atoms with Gasteiger partial charge in [0, 0.05) is 34.7 Å². The molecule has 0 bridgehead atoms. The lowest BCUT2D eigenvalue weighted by Gasteiger charge is -2.42. The fourth-order valence-electron chi connectivity index (χ4n) is 2.78. The Kier molecular flexibility index (Phi) is 4.72. The summed E-state index contributed by atoms with van der Waals surface area (Å²) in [6, 6.07) is 7.61. The number of halogens is 1. The molecule has 0 spiro atoms. The molecule has 5 heteroatoms. The van der Waals surface area contributed by atoms with Crippen molar-refractivity contribution in [2.75, 3.05) is 23.7 Å². The second-order valence-electron chi connectivity index (χ2n) is 5.13. The van der Waals surface area contributed by atoms with Gasteiger partial charge in [-0.25, -0.2) is 0 Å². The molecule has 0 radical (unpaired) electrons. The van der Waals surface area contributed by atoms with Crippen molar-refractivity contribution in [2.45, 2.75) is 31.4 Å². The molecule has 0 saturated carbocycles. The average molecular weight is 311 g/mol. The Hall–Kier alpha value is -1.05. The van der Waals surface area contributed by atoms with Crippen LogP contribution in [0.25, 0.3) is 0 Å². The van der Waals surface area contributed by atoms with Gasteiger partial charge in [-0.15, -0.1) is 0 Å². The zero-order chi connectivity index (χ0) is 14.8. The number of anilines is 1. The maximum atomic E-state index is 12.4. The van der Waals surface area contributed by atoms with Gasteiger partial charge in [-0.2, -0.15) is 5.26 Å². The molecule has 108 valence electrons. The van der Waals surface area contributed by atoms with Gasteiger partial charge in [0.1, 0.15) is 6.07 Å². The third kappa shape index (κ3) is 2.70. The van der Waals surface area contributed by atoms with Gasteiger partial charge in [0.15, 0.2) is 0 Å². The van der Waals surface area contributed by atoms with E-state index in [2.05, 4.69) is 24.8 Å². The number of nitriles is 1. The van der Waals surface area contributed by atoms with Crippen molar-refractivity contribution in [3.05, 3.63) is 28.8 Å². The Morgan fingerprint density at radius 1 is 1.45 bits per heavy atom. The van der Waals surface area contributed by atoms with Crippen molar-refractivity contribution in [3.63, 3.8) is 0 Å². The third-order valence-electron chi connectivity index (χ3n) is 4.22. The minimum absolute atomic E-state index is 0.162. The molecule has 2 rings (SSSR count). The van der Waals surface area contributed by atoms with Crippen molar-refractivity contribution in [1.82, 2.24) is 0 Å². The lowest BCUT2D eigenvalue weighted by atomic mass is 10.00. The van der Waals surface area contributed by atoms with Crippen molar-refractivity contribution >= 4 is 28.1 Å². The molecule has 1 fully saturated rings. The molecule has 1 aliphatic heterocycles. The van der Waals surface area contributed by atoms with Crippen molar-refractivity contribution in [1.29, 1.82) is 5.26 Å². The smallest absolute Gasteiger partial charge is 0.101 e. The molecule has 1 unspecified atom stereocenters. The SMILES string of the molecule is CCC1(CC)CN(c2ccc(Cl)cc2C#N)CCS1=O. The molecule has 0 aliphatic carbocycles. The number of benzene rings is 1. The normalized spacial score (nSPS) is 21.5. The Labute approximate surface area is 128 Å². The monoisotopic (exact) mass is 310 g/mol. The van der Waals surface area contributed by atoms with E-state index < -0.39 is 10.8 Å². The first-order valence-corrected chi connectivity index (χ1v) is 8.59. The van der Waals surface area contributed by atoms with Gasteiger partial charge < -0.3 is 4.90 Å². The van der Waals surface area contributed by atoms with Gasteiger partial charge in [0.05, 0.1) is 16.0 Å². The van der Waals surface area contributed by atoms with E-state index in [1.165, 1.54) is 0 Å². The third-order valence-corrected chi connectivity index (χ3v) is 6.68. The zero-order valence-corrected chi connectivity index (χ0v) is 13.4. The van der Waals surface area contributed by atoms with Gasteiger partial charge in [-0.3, -0.25) is 4.21 Å². The zero-order valence-electron chi connectivity index (χ0n) is 11.9. The summed E-state index contributed by atoms with van der Waals surface area (Å²) < 4.78 is 12.2. The molecule has 0 N–H and O–H groups in total. The first-order valence-electron chi connectivity index (χ1n) is 6.89. The summed E-state index contributed by atoms with van der Waals surface area (Å²) in [5, 5.41) is 9.85. The van der Waals surface area contributed by atoms with Gasteiger partial charge in [-0.05, 0) is 31.0 Å². The van der Waals surface area contributed by atoms with Crippen LogP contribution in [0.2, 0.25) is 5.02 Å². The van der Waals surface area contributed by atoms with E-state index >= 15 is 0 Å². The fraction of sp³-hybridized carbons (Fsp3) is 0.533. The first-order chi connectivity index (χ1) is 9.56. The summed E-state index contributed by atoms with van der Waals surface area (Å²) in [7, 11) is -0.795. The van der Waals surface area contributed by atoms with Crippen LogP contribution >= 0.6 is 11.6 Å². The maximum absolute atomic E-state index is 12.4. The standard InChI is InChI=1S/C15H19ClN2OS/c1-3-15(4-2)11-18(7-8-20(15)19)14-6-5-13(16)9-12(14)10-17/h5-6,9H,3-4,7-8,11H2,1-2H3. The van der Waals surface area contributed by atoms with Crippen LogP contribution < -0.4 is 4.90 Å². The van der Waals surface area contributed by atoms with Crippen LogP contribution in [0.15, 0.2) is 18.2 Å². The van der Waals surface area contributed by atoms with E-state index in [0.717, 1.165) is 31.6 Å². The minimum Gasteiger partial charge on any atom is -0.368 e. The topological polar surface area (TPSA) is 44.1 Å². The highest BCUT2D eigenvalue weighted by molar-refractivity contribution is 7.86. The van der Waals surface area contributed by atoms with Crippen LogP contribution in [0.3, 0.4) is 0 Å². The highest BCUT2D eigenvalue weighted by Gasteiger charge is 2.39. The van der Waals surface area contributed by atoms with Gasteiger partial charge >= 0.3 is 0 Å². The number of hydrogen-bond acceptors (Lipinski definition) is 3. The molecular weight excluding hydrogens is 292 g/mol. The summed E-state index contributed by atoms with van der Waals surface area (Å²) >= 11 is 5.95. The number of nitrogens with zero attached hydrogens (tertiary/aromatic N) is 2. The molecule has 1 aliphatic rings. The summed E-state index contributed by atoms with van der Waals surface area (Å²) in [4.78, 5) is 2.18. The van der Waals surface area contributed by atoms with E-state index in [0.29, 0.717) is 16.3 Å². The lowest BCUT2D eigenvalue weighted by Crippen LogP contribution is -2.53. The van der Waals surface area contributed by atoms with Gasteiger partial charge in [-0.1, -0.05) is 25.4 Å². The van der Waals surface area contributed by atoms with Crippen LogP contribution in [-0.4, -0.2) is 27.8 Å². The van der Waals surface area contributed by atoms with Gasteiger partial charge in [0.25, 0.3) is 0 Å². The second-order valence-corrected chi connectivity index (χ2v) is 7.54. The van der Waals surface area contributed by atoms with Gasteiger partial charge in [0.2, 0.25) is 0 Å². The maximum Gasteiger partial charge on any atom is 0.101 e. The predicted molar refractivity (Wildman–Crippen MR) is 84.7 cm³/mol. The molecule has 20 heavy (non-hydrogen) atoms. The number of rotatable bonds is 3. The molecule has 3 nitrogen and oxygen atoms in total. The molecular formula is C15H19ClN2OS. The predicted octanol–water partition coefficient (Wildman–Crippen LogP) is 3.34. The van der Waals surface area contributed by atoms with E-state index in [1.807, 2.05) is 12.1 Å². The molecule has 0 amide bonds. The Balaban J connectivity index is 2.35. The van der Waals surface area contributed by atoms with Crippen molar-refractivity contribution in [2.24, 2.45) is 0 Å². The van der Waals surface area contributed by atoms with Crippen LogP contribution in [-0.2, 0) is 10.8 Å². The Morgan fingerprint density at radius 3 is 2.75 bits per heavy atom. The van der Waals surface area contributed by atoms with Crippen molar-refractivity contribution in [3.8, 4) is 6.07 Å². The van der Waals surface area contributed by atoms with E-state index in [-0.39, 0.29) is 4.75 Å². The van der Waals surface area contributed by atoms with E-state index in [1.54, 1.807) is 6.07 Å². The Morgan fingerprint density at radius 2 is 2.15 bits per heavy atom. The van der Waals surface area contributed by atoms with Crippen LogP contribution in [0, 0.1) is 11.3 Å². The highest BCUT2D eigenvalue weighted by atomic mass is 35.5. The highest BCUT2D eigenvalue weighted by Crippen LogP contribution is 2.33.